The number of ether oxygens (including phenoxy) is 1. The normalized spacial score (nSPS) is 10.3. The summed E-state index contributed by atoms with van der Waals surface area (Å²) >= 11 is 0. The van der Waals surface area contributed by atoms with Gasteiger partial charge in [-0.1, -0.05) is 36.4 Å². The molecular weight excluding hydrogens is 317 g/mol. The number of amides is 1. The van der Waals surface area contributed by atoms with Gasteiger partial charge >= 0.3 is 0 Å². The van der Waals surface area contributed by atoms with E-state index < -0.39 is 0 Å². The van der Waals surface area contributed by atoms with Crippen LogP contribution in [0.1, 0.15) is 21.5 Å². The van der Waals surface area contributed by atoms with Crippen LogP contribution in [0.25, 0.3) is 0 Å². The Hall–Kier alpha value is -3.14. The van der Waals surface area contributed by atoms with Gasteiger partial charge in [0.1, 0.15) is 18.2 Å². The zero-order valence-corrected chi connectivity index (χ0v) is 13.8. The molecule has 0 radical (unpaired) electrons. The predicted octanol–water partition coefficient (Wildman–Crippen LogP) is 4.97. The molecule has 3 aromatic rings. The zero-order chi connectivity index (χ0) is 17.6. The summed E-state index contributed by atoms with van der Waals surface area (Å²) in [5.41, 5.74) is 2.83. The lowest BCUT2D eigenvalue weighted by Gasteiger charge is -2.10. The molecule has 3 rings (SSSR count). The van der Waals surface area contributed by atoms with Crippen molar-refractivity contribution in [3.63, 3.8) is 0 Å². The second-order valence-corrected chi connectivity index (χ2v) is 5.71. The maximum atomic E-state index is 13.3. The van der Waals surface area contributed by atoms with E-state index in [0.29, 0.717) is 23.6 Å². The van der Waals surface area contributed by atoms with E-state index in [1.54, 1.807) is 30.3 Å². The molecule has 0 fully saturated rings. The van der Waals surface area contributed by atoms with Crippen molar-refractivity contribution < 1.29 is 13.9 Å². The third-order valence-electron chi connectivity index (χ3n) is 3.81. The molecule has 0 heterocycles. The molecule has 0 atom stereocenters. The number of aryl methyl sites for hydroxylation is 1. The van der Waals surface area contributed by atoms with Gasteiger partial charge in [-0.15, -0.1) is 0 Å². The van der Waals surface area contributed by atoms with E-state index in [2.05, 4.69) is 5.32 Å². The molecule has 0 spiro atoms. The first-order valence-corrected chi connectivity index (χ1v) is 7.96. The van der Waals surface area contributed by atoms with Crippen LogP contribution in [-0.4, -0.2) is 5.91 Å². The Bertz CT molecular complexity index is 861. The predicted molar refractivity (Wildman–Crippen MR) is 96.3 cm³/mol. The SMILES string of the molecule is Cc1ccc(F)cc1NC(=O)c1ccc(OCc2ccccc2)cc1. The summed E-state index contributed by atoms with van der Waals surface area (Å²) in [6.45, 7) is 2.28. The third-order valence-corrected chi connectivity index (χ3v) is 3.81. The highest BCUT2D eigenvalue weighted by molar-refractivity contribution is 6.04. The Morgan fingerprint density at radius 3 is 2.44 bits per heavy atom. The van der Waals surface area contributed by atoms with Gasteiger partial charge < -0.3 is 10.1 Å². The lowest BCUT2D eigenvalue weighted by Crippen LogP contribution is -2.12. The minimum absolute atomic E-state index is 0.289. The molecule has 126 valence electrons. The van der Waals surface area contributed by atoms with Crippen LogP contribution in [0.3, 0.4) is 0 Å². The van der Waals surface area contributed by atoms with E-state index in [-0.39, 0.29) is 11.7 Å². The molecule has 3 nitrogen and oxygen atoms in total. The third kappa shape index (κ3) is 4.44. The summed E-state index contributed by atoms with van der Waals surface area (Å²) < 4.78 is 19.0. The molecule has 4 heteroatoms. The number of hydrogen-bond donors (Lipinski definition) is 1. The maximum absolute atomic E-state index is 13.3. The van der Waals surface area contributed by atoms with Crippen LogP contribution in [0.4, 0.5) is 10.1 Å². The number of benzene rings is 3. The molecule has 3 aromatic carbocycles. The Labute approximate surface area is 146 Å². The van der Waals surface area contributed by atoms with Crippen molar-refractivity contribution in [1.29, 1.82) is 0 Å². The van der Waals surface area contributed by atoms with Gasteiger partial charge in [-0.2, -0.15) is 0 Å². The molecule has 0 unspecified atom stereocenters. The summed E-state index contributed by atoms with van der Waals surface area (Å²) in [6.07, 6.45) is 0. The van der Waals surface area contributed by atoms with E-state index in [1.165, 1.54) is 12.1 Å². The largest absolute Gasteiger partial charge is 0.489 e. The first kappa shape index (κ1) is 16.7. The van der Waals surface area contributed by atoms with Crippen LogP contribution in [0, 0.1) is 12.7 Å². The van der Waals surface area contributed by atoms with Crippen molar-refractivity contribution in [2.75, 3.05) is 5.32 Å². The lowest BCUT2D eigenvalue weighted by molar-refractivity contribution is 0.102. The van der Waals surface area contributed by atoms with Crippen LogP contribution in [0.15, 0.2) is 72.8 Å². The number of carbonyl (C=O) groups excluding carboxylic acids is 1. The van der Waals surface area contributed by atoms with Gasteiger partial charge in [0, 0.05) is 11.3 Å². The van der Waals surface area contributed by atoms with E-state index in [4.69, 9.17) is 4.74 Å². The Morgan fingerprint density at radius 1 is 1.00 bits per heavy atom. The van der Waals surface area contributed by atoms with Gasteiger partial charge in [-0.3, -0.25) is 4.79 Å². The van der Waals surface area contributed by atoms with E-state index in [1.807, 2.05) is 37.3 Å². The van der Waals surface area contributed by atoms with Crippen LogP contribution in [0.5, 0.6) is 5.75 Å². The number of hydrogen-bond acceptors (Lipinski definition) is 2. The van der Waals surface area contributed by atoms with Crippen molar-refractivity contribution in [3.05, 3.63) is 95.3 Å². The number of carbonyl (C=O) groups is 1. The van der Waals surface area contributed by atoms with Gasteiger partial charge in [0.05, 0.1) is 0 Å². The van der Waals surface area contributed by atoms with Crippen LogP contribution in [-0.2, 0) is 6.61 Å². The number of anilines is 1. The maximum Gasteiger partial charge on any atom is 0.255 e. The molecule has 0 aliphatic rings. The molecule has 0 aliphatic heterocycles. The van der Waals surface area contributed by atoms with Crippen LogP contribution < -0.4 is 10.1 Å². The fourth-order valence-electron chi connectivity index (χ4n) is 2.37. The first-order valence-electron chi connectivity index (χ1n) is 7.96. The average molecular weight is 335 g/mol. The summed E-state index contributed by atoms with van der Waals surface area (Å²) in [5.74, 6) is 0.0104. The van der Waals surface area contributed by atoms with Crippen molar-refractivity contribution in [2.45, 2.75) is 13.5 Å². The Morgan fingerprint density at radius 2 is 1.72 bits per heavy atom. The molecule has 1 amide bonds. The quantitative estimate of drug-likeness (QED) is 0.715. The van der Waals surface area contributed by atoms with Gasteiger partial charge in [0.25, 0.3) is 5.91 Å². The standard InChI is InChI=1S/C21H18FNO2/c1-15-7-10-18(22)13-20(15)23-21(24)17-8-11-19(12-9-17)25-14-16-5-3-2-4-6-16/h2-13H,14H2,1H3,(H,23,24). The zero-order valence-electron chi connectivity index (χ0n) is 13.8. The van der Waals surface area contributed by atoms with Crippen molar-refractivity contribution in [1.82, 2.24) is 0 Å². The van der Waals surface area contributed by atoms with Crippen LogP contribution in [0.2, 0.25) is 0 Å². The van der Waals surface area contributed by atoms with Crippen molar-refractivity contribution in [3.8, 4) is 5.75 Å². The smallest absolute Gasteiger partial charge is 0.255 e. The minimum Gasteiger partial charge on any atom is -0.489 e. The number of rotatable bonds is 5. The van der Waals surface area contributed by atoms with E-state index in [9.17, 15) is 9.18 Å². The Balaban J connectivity index is 1.63. The highest BCUT2D eigenvalue weighted by atomic mass is 19.1. The second kappa shape index (κ2) is 7.62. The first-order chi connectivity index (χ1) is 12.1. The molecule has 0 bridgehead atoms. The highest BCUT2D eigenvalue weighted by Gasteiger charge is 2.09. The fraction of sp³-hybridized carbons (Fsp3) is 0.0952. The topological polar surface area (TPSA) is 38.3 Å². The molecule has 0 saturated heterocycles. The number of nitrogens with one attached hydrogen (secondary N) is 1. The van der Waals surface area contributed by atoms with E-state index in [0.717, 1.165) is 11.1 Å². The highest BCUT2D eigenvalue weighted by Crippen LogP contribution is 2.19. The minimum atomic E-state index is -0.384. The van der Waals surface area contributed by atoms with Crippen molar-refractivity contribution in [2.24, 2.45) is 0 Å². The van der Waals surface area contributed by atoms with Gasteiger partial charge in [-0.25, -0.2) is 4.39 Å². The summed E-state index contributed by atoms with van der Waals surface area (Å²) in [7, 11) is 0. The summed E-state index contributed by atoms with van der Waals surface area (Å²) in [6, 6.07) is 21.0. The molecule has 0 saturated carbocycles. The van der Waals surface area contributed by atoms with Crippen molar-refractivity contribution >= 4 is 11.6 Å². The molecule has 25 heavy (non-hydrogen) atoms. The van der Waals surface area contributed by atoms with E-state index >= 15 is 0 Å². The Kier molecular flexibility index (Phi) is 5.09. The van der Waals surface area contributed by atoms with Gasteiger partial charge in [0.2, 0.25) is 0 Å². The average Bonchev–Trinajstić information content (AvgIpc) is 2.64. The van der Waals surface area contributed by atoms with Gasteiger partial charge in [-0.05, 0) is 54.4 Å². The van der Waals surface area contributed by atoms with Gasteiger partial charge in [0.15, 0.2) is 0 Å². The number of halogens is 1. The second-order valence-electron chi connectivity index (χ2n) is 5.71. The summed E-state index contributed by atoms with van der Waals surface area (Å²) in [5, 5.41) is 2.72. The molecule has 1 N–H and O–H groups in total. The molecule has 0 aromatic heterocycles. The van der Waals surface area contributed by atoms with Crippen LogP contribution >= 0.6 is 0 Å². The monoisotopic (exact) mass is 335 g/mol. The molecule has 0 aliphatic carbocycles. The summed E-state index contributed by atoms with van der Waals surface area (Å²) in [4.78, 5) is 12.3. The fourth-order valence-corrected chi connectivity index (χ4v) is 2.37. The molecular formula is C21H18FNO2. The lowest BCUT2D eigenvalue weighted by atomic mass is 10.1.